The van der Waals surface area contributed by atoms with E-state index in [1.165, 1.54) is 18.2 Å². The average Bonchev–Trinajstić information content (AvgIpc) is 2.71. The number of fused-ring (bicyclic) bond motifs is 1. The van der Waals surface area contributed by atoms with Crippen molar-refractivity contribution in [1.82, 2.24) is 5.32 Å². The smallest absolute Gasteiger partial charge is 0.244 e. The van der Waals surface area contributed by atoms with Crippen LogP contribution in [-0.4, -0.2) is 39.8 Å². The van der Waals surface area contributed by atoms with Crippen LogP contribution in [0.15, 0.2) is 42.5 Å². The van der Waals surface area contributed by atoms with Crippen molar-refractivity contribution >= 4 is 21.6 Å². The van der Waals surface area contributed by atoms with Crippen molar-refractivity contribution in [3.63, 3.8) is 0 Å². The van der Waals surface area contributed by atoms with Crippen molar-refractivity contribution in [2.45, 2.75) is 32.4 Å². The normalized spacial score (nSPS) is 15.2. The highest BCUT2D eigenvalue weighted by Crippen LogP contribution is 2.33. The van der Waals surface area contributed by atoms with Gasteiger partial charge in [-0.2, -0.15) is 0 Å². The molecule has 3 rings (SSSR count). The van der Waals surface area contributed by atoms with Crippen molar-refractivity contribution in [1.29, 1.82) is 0 Å². The van der Waals surface area contributed by atoms with E-state index in [-0.39, 0.29) is 12.1 Å². The Balaban J connectivity index is 1.85. The van der Waals surface area contributed by atoms with Crippen molar-refractivity contribution in [2.75, 3.05) is 23.8 Å². The number of anilines is 1. The number of hydrogen-bond acceptors (Lipinski definition) is 5. The largest absolute Gasteiger partial charge is 0.486 e. The van der Waals surface area contributed by atoms with E-state index in [0.29, 0.717) is 24.7 Å². The summed E-state index contributed by atoms with van der Waals surface area (Å²) in [4.78, 5) is 13.0. The molecule has 7 nitrogen and oxygen atoms in total. The van der Waals surface area contributed by atoms with Crippen molar-refractivity contribution in [3.8, 4) is 11.5 Å². The van der Waals surface area contributed by atoms with Gasteiger partial charge in [0.1, 0.15) is 25.1 Å². The molecule has 2 atom stereocenters. The van der Waals surface area contributed by atoms with Crippen LogP contribution >= 0.6 is 0 Å². The number of nitrogens with one attached hydrogen (secondary N) is 1. The molecular formula is C21H25FN2O5S. The predicted molar refractivity (Wildman–Crippen MR) is 112 cm³/mol. The van der Waals surface area contributed by atoms with E-state index in [4.69, 9.17) is 9.47 Å². The first kappa shape index (κ1) is 21.9. The summed E-state index contributed by atoms with van der Waals surface area (Å²) in [5.74, 6) is -0.00333. The number of amides is 1. The minimum Gasteiger partial charge on any atom is -0.486 e. The first-order chi connectivity index (χ1) is 14.2. The quantitative estimate of drug-likeness (QED) is 0.721. The van der Waals surface area contributed by atoms with Gasteiger partial charge in [-0.1, -0.05) is 25.1 Å². The molecule has 0 radical (unpaired) electrons. The summed E-state index contributed by atoms with van der Waals surface area (Å²) in [6.07, 6.45) is 1.13. The first-order valence-electron chi connectivity index (χ1n) is 9.66. The number of benzene rings is 2. The number of para-hydroxylation sites is 1. The molecule has 1 heterocycles. The van der Waals surface area contributed by atoms with Gasteiger partial charge in [-0.05, 0) is 43.2 Å². The second-order valence-electron chi connectivity index (χ2n) is 7.07. The maximum Gasteiger partial charge on any atom is 0.244 e. The van der Waals surface area contributed by atoms with E-state index < -0.39 is 33.8 Å². The van der Waals surface area contributed by atoms with Gasteiger partial charge in [-0.25, -0.2) is 12.8 Å². The number of ether oxygens (including phenoxy) is 2. The van der Waals surface area contributed by atoms with E-state index in [2.05, 4.69) is 5.32 Å². The molecule has 2 aromatic rings. The van der Waals surface area contributed by atoms with E-state index in [1.54, 1.807) is 26.0 Å². The van der Waals surface area contributed by atoms with Gasteiger partial charge in [-0.15, -0.1) is 0 Å². The van der Waals surface area contributed by atoms with Crippen molar-refractivity contribution < 1.29 is 27.1 Å². The molecular weight excluding hydrogens is 411 g/mol. The zero-order valence-electron chi connectivity index (χ0n) is 17.1. The van der Waals surface area contributed by atoms with Gasteiger partial charge in [-0.3, -0.25) is 9.10 Å². The molecule has 1 aliphatic rings. The van der Waals surface area contributed by atoms with E-state index in [0.717, 1.165) is 22.2 Å². The molecule has 162 valence electrons. The fourth-order valence-corrected chi connectivity index (χ4v) is 4.60. The first-order valence-corrected chi connectivity index (χ1v) is 11.5. The van der Waals surface area contributed by atoms with Crippen LogP contribution in [0.25, 0.3) is 0 Å². The molecule has 0 bridgehead atoms. The van der Waals surface area contributed by atoms with Crippen LogP contribution in [0.1, 0.15) is 31.9 Å². The predicted octanol–water partition coefficient (Wildman–Crippen LogP) is 3.02. The molecule has 0 spiro atoms. The molecule has 30 heavy (non-hydrogen) atoms. The third kappa shape index (κ3) is 4.67. The molecule has 0 aromatic heterocycles. The fourth-order valence-electron chi connectivity index (χ4n) is 3.39. The molecule has 0 saturated carbocycles. The number of sulfonamides is 1. The van der Waals surface area contributed by atoms with Crippen LogP contribution in [0.4, 0.5) is 10.1 Å². The van der Waals surface area contributed by atoms with Gasteiger partial charge in [0.05, 0.1) is 18.0 Å². The zero-order valence-corrected chi connectivity index (χ0v) is 17.9. The average molecular weight is 437 g/mol. The van der Waals surface area contributed by atoms with Crippen LogP contribution in [0.2, 0.25) is 0 Å². The lowest BCUT2D eigenvalue weighted by Gasteiger charge is -2.31. The lowest BCUT2D eigenvalue weighted by molar-refractivity contribution is -0.122. The third-order valence-corrected chi connectivity index (χ3v) is 6.01. The van der Waals surface area contributed by atoms with Gasteiger partial charge in [0.15, 0.2) is 11.5 Å². The fraction of sp³-hybridized carbons (Fsp3) is 0.381. The monoisotopic (exact) mass is 436 g/mol. The van der Waals surface area contributed by atoms with Crippen molar-refractivity contribution in [3.05, 3.63) is 53.8 Å². The third-order valence-electron chi connectivity index (χ3n) is 4.84. The Labute approximate surface area is 175 Å². The number of nitrogens with zero attached hydrogens (tertiary/aromatic N) is 1. The number of hydrogen-bond donors (Lipinski definition) is 1. The summed E-state index contributed by atoms with van der Waals surface area (Å²) in [6, 6.07) is 9.33. The molecule has 1 amide bonds. The van der Waals surface area contributed by atoms with Crippen LogP contribution < -0.4 is 19.1 Å². The Bertz CT molecular complexity index is 1030. The molecule has 1 aliphatic heterocycles. The summed E-state index contributed by atoms with van der Waals surface area (Å²) < 4.78 is 51.2. The maximum absolute atomic E-state index is 14.4. The van der Waals surface area contributed by atoms with E-state index in [1.807, 2.05) is 6.07 Å². The molecule has 0 fully saturated rings. The highest BCUT2D eigenvalue weighted by molar-refractivity contribution is 7.92. The van der Waals surface area contributed by atoms with Gasteiger partial charge < -0.3 is 14.8 Å². The SMILES string of the molecule is CC[C@@H](C(=O)N[C@@H](C)c1ccc2c(c1)OCCO2)N(c1ccccc1F)S(C)(=O)=O. The topological polar surface area (TPSA) is 84.9 Å². The number of halogens is 1. The minimum atomic E-state index is -3.91. The Kier molecular flexibility index (Phi) is 6.50. The van der Waals surface area contributed by atoms with E-state index >= 15 is 0 Å². The molecule has 9 heteroatoms. The number of carbonyl (C=O) groups excluding carboxylic acids is 1. The lowest BCUT2D eigenvalue weighted by Crippen LogP contribution is -2.50. The Morgan fingerprint density at radius 3 is 2.47 bits per heavy atom. The van der Waals surface area contributed by atoms with Crippen molar-refractivity contribution in [2.24, 2.45) is 0 Å². The Morgan fingerprint density at radius 2 is 1.83 bits per heavy atom. The second-order valence-corrected chi connectivity index (χ2v) is 8.93. The molecule has 2 aromatic carbocycles. The summed E-state index contributed by atoms with van der Waals surface area (Å²) >= 11 is 0. The highest BCUT2D eigenvalue weighted by Gasteiger charge is 2.33. The Morgan fingerprint density at radius 1 is 1.17 bits per heavy atom. The van der Waals surface area contributed by atoms with Gasteiger partial charge in [0.25, 0.3) is 0 Å². The number of carbonyl (C=O) groups is 1. The molecule has 0 saturated heterocycles. The molecule has 1 N–H and O–H groups in total. The summed E-state index contributed by atoms with van der Waals surface area (Å²) in [7, 11) is -3.91. The highest BCUT2D eigenvalue weighted by atomic mass is 32.2. The minimum absolute atomic E-state index is 0.158. The molecule has 0 unspecified atom stereocenters. The van der Waals surface area contributed by atoms with Gasteiger partial charge in [0.2, 0.25) is 15.9 Å². The summed E-state index contributed by atoms with van der Waals surface area (Å²) in [5.41, 5.74) is 0.619. The van der Waals surface area contributed by atoms with Crippen LogP contribution in [0, 0.1) is 5.82 Å². The summed E-state index contributed by atoms with van der Waals surface area (Å²) in [5, 5.41) is 2.83. The second kappa shape index (κ2) is 8.91. The standard InChI is InChI=1S/C21H25FN2O5S/c1-4-17(24(30(3,26)27)18-8-6-5-7-16(18)22)21(25)23-14(2)15-9-10-19-20(13-15)29-12-11-28-19/h5-10,13-14,17H,4,11-12H2,1-3H3,(H,23,25)/t14-,17-/m0/s1. The number of rotatable bonds is 7. The van der Waals surface area contributed by atoms with E-state index in [9.17, 15) is 17.6 Å². The lowest BCUT2D eigenvalue weighted by atomic mass is 10.1. The van der Waals surface area contributed by atoms with Gasteiger partial charge in [0, 0.05) is 0 Å². The zero-order chi connectivity index (χ0) is 21.9. The summed E-state index contributed by atoms with van der Waals surface area (Å²) in [6.45, 7) is 4.39. The van der Waals surface area contributed by atoms with Crippen LogP contribution in [0.3, 0.4) is 0 Å². The maximum atomic E-state index is 14.4. The Hall–Kier alpha value is -2.81. The van der Waals surface area contributed by atoms with Crippen LogP contribution in [-0.2, 0) is 14.8 Å². The van der Waals surface area contributed by atoms with Gasteiger partial charge >= 0.3 is 0 Å². The molecule has 0 aliphatic carbocycles. The van der Waals surface area contributed by atoms with Crippen LogP contribution in [0.5, 0.6) is 11.5 Å².